The van der Waals surface area contributed by atoms with Crippen LogP contribution in [0.2, 0.25) is 0 Å². The molecule has 1 fully saturated rings. The molecule has 0 amide bonds. The fourth-order valence-electron chi connectivity index (χ4n) is 2.69. The number of nitrogens with one attached hydrogen (secondary N) is 2. The van der Waals surface area contributed by atoms with E-state index >= 15 is 0 Å². The van der Waals surface area contributed by atoms with E-state index in [-0.39, 0.29) is 0 Å². The number of hydrogen-bond acceptors (Lipinski definition) is 3. The third-order valence-corrected chi connectivity index (χ3v) is 4.65. The quantitative estimate of drug-likeness (QED) is 0.627. The lowest BCUT2D eigenvalue weighted by Crippen LogP contribution is -2.48. The van der Waals surface area contributed by atoms with Gasteiger partial charge in [-0.05, 0) is 44.2 Å². The van der Waals surface area contributed by atoms with Crippen LogP contribution < -0.4 is 10.6 Å². The molecule has 0 saturated carbocycles. The van der Waals surface area contributed by atoms with Gasteiger partial charge < -0.3 is 15.5 Å². The summed E-state index contributed by atoms with van der Waals surface area (Å²) in [4.78, 5) is 8.57. The number of thiophene rings is 1. The van der Waals surface area contributed by atoms with Crippen molar-refractivity contribution < 1.29 is 0 Å². The molecule has 2 N–H and O–H groups in total. The van der Waals surface area contributed by atoms with Crippen LogP contribution >= 0.6 is 11.3 Å². The molecule has 0 aromatic carbocycles. The Balaban J connectivity index is 1.81. The van der Waals surface area contributed by atoms with Gasteiger partial charge in [0.15, 0.2) is 5.96 Å². The van der Waals surface area contributed by atoms with Gasteiger partial charge in [0.25, 0.3) is 0 Å². The molecule has 1 saturated heterocycles. The van der Waals surface area contributed by atoms with Crippen molar-refractivity contribution in [3.8, 4) is 0 Å². The Morgan fingerprint density at radius 1 is 1.38 bits per heavy atom. The van der Waals surface area contributed by atoms with Crippen LogP contribution in [-0.4, -0.2) is 43.1 Å². The molecule has 0 spiro atoms. The van der Waals surface area contributed by atoms with Gasteiger partial charge in [0.2, 0.25) is 0 Å². The van der Waals surface area contributed by atoms with Crippen LogP contribution in [0.4, 0.5) is 0 Å². The van der Waals surface area contributed by atoms with E-state index in [9.17, 15) is 0 Å². The van der Waals surface area contributed by atoms with Crippen molar-refractivity contribution in [3.05, 3.63) is 22.4 Å². The summed E-state index contributed by atoms with van der Waals surface area (Å²) in [5, 5.41) is 9.06. The van der Waals surface area contributed by atoms with Gasteiger partial charge >= 0.3 is 0 Å². The van der Waals surface area contributed by atoms with Crippen molar-refractivity contribution in [2.45, 2.75) is 45.7 Å². The van der Waals surface area contributed by atoms with Gasteiger partial charge in [0.1, 0.15) is 0 Å². The molecule has 1 aromatic heterocycles. The molecule has 0 aliphatic carbocycles. The molecular weight excluding hydrogens is 280 g/mol. The van der Waals surface area contributed by atoms with Gasteiger partial charge in [0, 0.05) is 30.6 Å². The van der Waals surface area contributed by atoms with E-state index in [1.807, 2.05) is 0 Å². The first-order chi connectivity index (χ1) is 10.3. The predicted molar refractivity (Wildman–Crippen MR) is 92.0 cm³/mol. The van der Waals surface area contributed by atoms with E-state index in [4.69, 9.17) is 4.99 Å². The minimum absolute atomic E-state index is 0.555. The fraction of sp³-hybridized carbons (Fsp3) is 0.688. The van der Waals surface area contributed by atoms with Crippen LogP contribution in [0.5, 0.6) is 0 Å². The Morgan fingerprint density at radius 2 is 2.19 bits per heavy atom. The van der Waals surface area contributed by atoms with Gasteiger partial charge in [-0.3, -0.25) is 0 Å². The first kappa shape index (κ1) is 16.3. The molecule has 1 aliphatic rings. The number of nitrogens with zero attached hydrogens (tertiary/aromatic N) is 2. The average molecular weight is 308 g/mol. The first-order valence-corrected chi connectivity index (χ1v) is 8.99. The summed E-state index contributed by atoms with van der Waals surface area (Å²) in [6.07, 6.45) is 3.68. The van der Waals surface area contributed by atoms with Crippen LogP contribution in [0, 0.1) is 0 Å². The number of rotatable bonds is 6. The summed E-state index contributed by atoms with van der Waals surface area (Å²) < 4.78 is 0. The highest BCUT2D eigenvalue weighted by molar-refractivity contribution is 7.09. The summed E-state index contributed by atoms with van der Waals surface area (Å²) in [5.41, 5.74) is 0. The predicted octanol–water partition coefficient (Wildman–Crippen LogP) is 2.68. The van der Waals surface area contributed by atoms with E-state index < -0.39 is 0 Å². The van der Waals surface area contributed by atoms with Gasteiger partial charge in [-0.2, -0.15) is 0 Å². The highest BCUT2D eigenvalue weighted by Gasteiger charge is 2.19. The van der Waals surface area contributed by atoms with Crippen LogP contribution in [0.25, 0.3) is 0 Å². The Hall–Kier alpha value is -1.07. The lowest BCUT2D eigenvalue weighted by Gasteiger charge is -2.32. The Labute approximate surface area is 132 Å². The molecule has 2 rings (SSSR count). The average Bonchev–Trinajstić information content (AvgIpc) is 3.01. The third-order valence-electron chi connectivity index (χ3n) is 3.79. The number of aliphatic imine (C=N–C) groups is 1. The third kappa shape index (κ3) is 5.67. The molecule has 2 heterocycles. The van der Waals surface area contributed by atoms with Crippen molar-refractivity contribution in [2.75, 3.05) is 26.2 Å². The molecular formula is C16H28N4S. The summed E-state index contributed by atoms with van der Waals surface area (Å²) in [7, 11) is 0. The molecule has 0 unspecified atom stereocenters. The monoisotopic (exact) mass is 308 g/mol. The van der Waals surface area contributed by atoms with Crippen molar-refractivity contribution >= 4 is 17.3 Å². The highest BCUT2D eigenvalue weighted by Crippen LogP contribution is 2.11. The number of guanidine groups is 1. The second-order valence-electron chi connectivity index (χ2n) is 5.53. The standard InChI is InChI=1S/C16H28N4S/c1-3-9-20-10-7-14(8-11-20)19-16(17-4-2)18-13-15-6-5-12-21-15/h5-6,12,14H,3-4,7-11,13H2,1-2H3,(H2,17,18,19). The number of hydrogen-bond donors (Lipinski definition) is 2. The maximum absolute atomic E-state index is 4.70. The Bertz CT molecular complexity index is 408. The zero-order chi connectivity index (χ0) is 14.9. The lowest BCUT2D eigenvalue weighted by atomic mass is 10.1. The fourth-order valence-corrected chi connectivity index (χ4v) is 3.32. The van der Waals surface area contributed by atoms with Crippen molar-refractivity contribution in [3.63, 3.8) is 0 Å². The molecule has 0 bridgehead atoms. The summed E-state index contributed by atoms with van der Waals surface area (Å²) in [5.74, 6) is 0.958. The first-order valence-electron chi connectivity index (χ1n) is 8.11. The summed E-state index contributed by atoms with van der Waals surface area (Å²) in [6.45, 7) is 9.69. The smallest absolute Gasteiger partial charge is 0.191 e. The van der Waals surface area contributed by atoms with Gasteiger partial charge in [-0.25, -0.2) is 4.99 Å². The van der Waals surface area contributed by atoms with Crippen molar-refractivity contribution in [1.82, 2.24) is 15.5 Å². The largest absolute Gasteiger partial charge is 0.357 e. The van der Waals surface area contributed by atoms with Crippen molar-refractivity contribution in [2.24, 2.45) is 4.99 Å². The van der Waals surface area contributed by atoms with Crippen LogP contribution in [0.15, 0.2) is 22.5 Å². The Morgan fingerprint density at radius 3 is 2.81 bits per heavy atom. The molecule has 1 aromatic rings. The molecule has 0 radical (unpaired) electrons. The van der Waals surface area contributed by atoms with E-state index in [1.54, 1.807) is 11.3 Å². The van der Waals surface area contributed by atoms with Crippen LogP contribution in [0.3, 0.4) is 0 Å². The summed E-state index contributed by atoms with van der Waals surface area (Å²) >= 11 is 1.77. The topological polar surface area (TPSA) is 39.7 Å². The van der Waals surface area contributed by atoms with Crippen LogP contribution in [0.1, 0.15) is 38.0 Å². The Kier molecular flexibility index (Phi) is 7.03. The van der Waals surface area contributed by atoms with Crippen molar-refractivity contribution in [1.29, 1.82) is 0 Å². The number of likely N-dealkylation sites (tertiary alicyclic amines) is 1. The highest BCUT2D eigenvalue weighted by atomic mass is 32.1. The van der Waals surface area contributed by atoms with E-state index in [0.717, 1.165) is 19.0 Å². The van der Waals surface area contributed by atoms with Gasteiger partial charge in [-0.15, -0.1) is 11.3 Å². The minimum Gasteiger partial charge on any atom is -0.357 e. The maximum Gasteiger partial charge on any atom is 0.191 e. The second kappa shape index (κ2) is 9.05. The van der Waals surface area contributed by atoms with Gasteiger partial charge in [-0.1, -0.05) is 13.0 Å². The lowest BCUT2D eigenvalue weighted by molar-refractivity contribution is 0.206. The zero-order valence-electron chi connectivity index (χ0n) is 13.3. The normalized spacial score (nSPS) is 17.9. The molecule has 5 heteroatoms. The molecule has 4 nitrogen and oxygen atoms in total. The molecule has 118 valence electrons. The molecule has 21 heavy (non-hydrogen) atoms. The molecule has 0 atom stereocenters. The second-order valence-corrected chi connectivity index (χ2v) is 6.57. The molecule has 1 aliphatic heterocycles. The van der Waals surface area contributed by atoms with E-state index in [0.29, 0.717) is 6.04 Å². The summed E-state index contributed by atoms with van der Waals surface area (Å²) in [6, 6.07) is 4.78. The van der Waals surface area contributed by atoms with Crippen LogP contribution in [-0.2, 0) is 6.54 Å². The van der Waals surface area contributed by atoms with E-state index in [2.05, 4.69) is 46.9 Å². The maximum atomic E-state index is 4.70. The zero-order valence-corrected chi connectivity index (χ0v) is 14.1. The van der Waals surface area contributed by atoms with E-state index in [1.165, 1.54) is 43.8 Å². The van der Waals surface area contributed by atoms with Gasteiger partial charge in [0.05, 0.1) is 6.54 Å². The SMILES string of the molecule is CCCN1CCC(NC(=NCc2cccs2)NCC)CC1. The minimum atomic E-state index is 0.555. The number of piperidine rings is 1.